The molecule has 0 spiro atoms. The zero-order valence-electron chi connectivity index (χ0n) is 12.2. The third kappa shape index (κ3) is 3.21. The van der Waals surface area contributed by atoms with Crippen molar-refractivity contribution in [1.29, 1.82) is 0 Å². The Labute approximate surface area is 116 Å². The van der Waals surface area contributed by atoms with Gasteiger partial charge in [0.05, 0.1) is 13.2 Å². The first-order valence-electron chi connectivity index (χ1n) is 7.37. The van der Waals surface area contributed by atoms with E-state index in [4.69, 9.17) is 9.47 Å². The molecule has 1 N–H and O–H groups in total. The first kappa shape index (κ1) is 14.2. The lowest BCUT2D eigenvalue weighted by atomic mass is 9.89. The molecule has 1 aliphatic heterocycles. The van der Waals surface area contributed by atoms with Crippen molar-refractivity contribution in [3.8, 4) is 11.5 Å². The molecule has 1 heterocycles. The minimum Gasteiger partial charge on any atom is -0.490 e. The highest BCUT2D eigenvalue weighted by Gasteiger charge is 2.20. The van der Waals surface area contributed by atoms with Crippen LogP contribution in [0, 0.1) is 5.92 Å². The Morgan fingerprint density at radius 2 is 1.79 bits per heavy atom. The van der Waals surface area contributed by atoms with E-state index in [1.54, 1.807) is 0 Å². The minimum absolute atomic E-state index is 0.382. The molecule has 1 aromatic carbocycles. The van der Waals surface area contributed by atoms with Gasteiger partial charge in [-0.3, -0.25) is 0 Å². The zero-order chi connectivity index (χ0) is 13.7. The maximum Gasteiger partial charge on any atom is 0.161 e. The summed E-state index contributed by atoms with van der Waals surface area (Å²) in [5, 5.41) is 3.45. The van der Waals surface area contributed by atoms with E-state index in [-0.39, 0.29) is 0 Å². The fourth-order valence-corrected chi connectivity index (χ4v) is 2.81. The molecule has 0 saturated heterocycles. The highest BCUT2D eigenvalue weighted by Crippen LogP contribution is 2.35. The molecule has 0 aromatic heterocycles. The molecule has 0 radical (unpaired) electrons. The normalized spacial score (nSPS) is 16.2. The van der Waals surface area contributed by atoms with E-state index in [1.807, 2.05) is 13.1 Å². The largest absolute Gasteiger partial charge is 0.490 e. The summed E-state index contributed by atoms with van der Waals surface area (Å²) in [7, 11) is 2.03. The van der Waals surface area contributed by atoms with E-state index in [1.165, 1.54) is 18.4 Å². The van der Waals surface area contributed by atoms with Crippen LogP contribution in [0.15, 0.2) is 18.2 Å². The highest BCUT2D eigenvalue weighted by molar-refractivity contribution is 5.44. The highest BCUT2D eigenvalue weighted by atomic mass is 16.5. The van der Waals surface area contributed by atoms with Gasteiger partial charge in [-0.15, -0.1) is 0 Å². The van der Waals surface area contributed by atoms with Gasteiger partial charge in [-0.2, -0.15) is 0 Å². The molecule has 3 nitrogen and oxygen atoms in total. The predicted octanol–water partition coefficient (Wildman–Crippen LogP) is 3.54. The van der Waals surface area contributed by atoms with Crippen molar-refractivity contribution in [2.24, 2.45) is 5.92 Å². The van der Waals surface area contributed by atoms with Crippen LogP contribution < -0.4 is 14.8 Å². The number of ether oxygens (including phenoxy) is 2. The van der Waals surface area contributed by atoms with Crippen LogP contribution in [-0.2, 0) is 0 Å². The monoisotopic (exact) mass is 263 g/mol. The number of benzene rings is 1. The van der Waals surface area contributed by atoms with Crippen LogP contribution in [0.3, 0.4) is 0 Å². The number of rotatable bonds is 5. The Morgan fingerprint density at radius 3 is 2.42 bits per heavy atom. The Hall–Kier alpha value is -1.22. The maximum atomic E-state index is 5.78. The van der Waals surface area contributed by atoms with Crippen LogP contribution in [0.25, 0.3) is 0 Å². The van der Waals surface area contributed by atoms with Crippen LogP contribution in [0.2, 0.25) is 0 Å². The summed E-state index contributed by atoms with van der Waals surface area (Å²) in [4.78, 5) is 0. The van der Waals surface area contributed by atoms with Crippen molar-refractivity contribution in [1.82, 2.24) is 5.32 Å². The van der Waals surface area contributed by atoms with E-state index >= 15 is 0 Å². The summed E-state index contributed by atoms with van der Waals surface area (Å²) in [6, 6.07) is 6.72. The second-order valence-corrected chi connectivity index (χ2v) is 5.10. The lowest BCUT2D eigenvalue weighted by Crippen LogP contribution is -2.24. The predicted molar refractivity (Wildman–Crippen MR) is 77.9 cm³/mol. The van der Waals surface area contributed by atoms with Gasteiger partial charge >= 0.3 is 0 Å². The van der Waals surface area contributed by atoms with Gasteiger partial charge in [-0.05, 0) is 30.7 Å². The standard InChI is InChI=1S/C16H25NO2/c1-4-12(5-2)16(17-3)13-7-8-14-15(11-13)19-10-6-9-18-14/h7-8,11-12,16-17H,4-6,9-10H2,1-3H3. The van der Waals surface area contributed by atoms with Crippen molar-refractivity contribution in [3.63, 3.8) is 0 Å². The summed E-state index contributed by atoms with van der Waals surface area (Å²) in [6.07, 6.45) is 3.30. The quantitative estimate of drug-likeness (QED) is 0.881. The minimum atomic E-state index is 0.382. The molecule has 0 aliphatic carbocycles. The van der Waals surface area contributed by atoms with Gasteiger partial charge in [0.25, 0.3) is 0 Å². The Morgan fingerprint density at radius 1 is 1.11 bits per heavy atom. The van der Waals surface area contributed by atoms with Gasteiger partial charge in [-0.1, -0.05) is 32.8 Å². The third-order valence-corrected chi connectivity index (χ3v) is 3.96. The average molecular weight is 263 g/mol. The fraction of sp³-hybridized carbons (Fsp3) is 0.625. The van der Waals surface area contributed by atoms with E-state index in [9.17, 15) is 0 Å². The molecule has 1 unspecified atom stereocenters. The van der Waals surface area contributed by atoms with Gasteiger partial charge in [0.1, 0.15) is 0 Å². The van der Waals surface area contributed by atoms with Crippen LogP contribution in [0.1, 0.15) is 44.7 Å². The fourth-order valence-electron chi connectivity index (χ4n) is 2.81. The van der Waals surface area contributed by atoms with Crippen molar-refractivity contribution in [3.05, 3.63) is 23.8 Å². The van der Waals surface area contributed by atoms with Gasteiger partial charge < -0.3 is 14.8 Å². The summed E-state index contributed by atoms with van der Waals surface area (Å²) >= 11 is 0. The van der Waals surface area contributed by atoms with Crippen LogP contribution in [0.4, 0.5) is 0 Å². The molecule has 2 rings (SSSR count). The third-order valence-electron chi connectivity index (χ3n) is 3.96. The molecule has 0 fully saturated rings. The maximum absolute atomic E-state index is 5.78. The lowest BCUT2D eigenvalue weighted by Gasteiger charge is -2.26. The van der Waals surface area contributed by atoms with Gasteiger partial charge in [0, 0.05) is 12.5 Å². The second kappa shape index (κ2) is 6.80. The number of fused-ring (bicyclic) bond motifs is 1. The van der Waals surface area contributed by atoms with Gasteiger partial charge in [0.15, 0.2) is 11.5 Å². The SMILES string of the molecule is CCC(CC)C(NC)c1ccc2c(c1)OCCCO2. The van der Waals surface area contributed by atoms with E-state index in [2.05, 4.69) is 31.3 Å². The molecule has 0 amide bonds. The van der Waals surface area contributed by atoms with Gasteiger partial charge in [0.2, 0.25) is 0 Å². The van der Waals surface area contributed by atoms with Gasteiger partial charge in [-0.25, -0.2) is 0 Å². The van der Waals surface area contributed by atoms with Crippen LogP contribution in [-0.4, -0.2) is 20.3 Å². The van der Waals surface area contributed by atoms with Crippen molar-refractivity contribution < 1.29 is 9.47 Å². The Kier molecular flexibility index (Phi) is 5.08. The molecule has 1 aliphatic rings. The molecular formula is C16H25NO2. The number of nitrogens with one attached hydrogen (secondary N) is 1. The first-order valence-corrected chi connectivity index (χ1v) is 7.37. The number of hydrogen-bond donors (Lipinski definition) is 1. The lowest BCUT2D eigenvalue weighted by molar-refractivity contribution is 0.296. The van der Waals surface area contributed by atoms with Crippen LogP contribution >= 0.6 is 0 Å². The summed E-state index contributed by atoms with van der Waals surface area (Å²) in [6.45, 7) is 5.99. The van der Waals surface area contributed by atoms with Crippen molar-refractivity contribution in [2.45, 2.75) is 39.2 Å². The summed E-state index contributed by atoms with van der Waals surface area (Å²) in [5.41, 5.74) is 1.29. The first-order chi connectivity index (χ1) is 9.30. The summed E-state index contributed by atoms with van der Waals surface area (Å²) < 4.78 is 11.5. The molecule has 0 bridgehead atoms. The smallest absolute Gasteiger partial charge is 0.161 e. The molecule has 106 valence electrons. The molecule has 1 aromatic rings. The van der Waals surface area contributed by atoms with E-state index in [0.717, 1.165) is 31.1 Å². The molecule has 1 atom stereocenters. The second-order valence-electron chi connectivity index (χ2n) is 5.10. The zero-order valence-corrected chi connectivity index (χ0v) is 12.2. The molecule has 3 heteroatoms. The van der Waals surface area contributed by atoms with Crippen molar-refractivity contribution >= 4 is 0 Å². The van der Waals surface area contributed by atoms with E-state index < -0.39 is 0 Å². The van der Waals surface area contributed by atoms with Crippen molar-refractivity contribution in [2.75, 3.05) is 20.3 Å². The average Bonchev–Trinajstić information content (AvgIpc) is 2.69. The number of hydrogen-bond acceptors (Lipinski definition) is 3. The molecule has 19 heavy (non-hydrogen) atoms. The molecule has 0 saturated carbocycles. The Balaban J connectivity index is 2.26. The van der Waals surface area contributed by atoms with Crippen LogP contribution in [0.5, 0.6) is 11.5 Å². The topological polar surface area (TPSA) is 30.5 Å². The molecular weight excluding hydrogens is 238 g/mol. The summed E-state index contributed by atoms with van der Waals surface area (Å²) in [5.74, 6) is 2.41. The Bertz CT molecular complexity index is 402. The van der Waals surface area contributed by atoms with E-state index in [0.29, 0.717) is 12.0 Å².